The molecule has 0 aliphatic carbocycles. The molecule has 0 rings (SSSR count). The SMILES string of the molecule is CCSC(C(=O)NCCSCC(=O)O)C(C)C. The Balaban J connectivity index is 3.78. The number of carboxylic acid groups (broad SMARTS) is 1. The van der Waals surface area contributed by atoms with E-state index >= 15 is 0 Å². The number of hydrogen-bond acceptors (Lipinski definition) is 4. The number of carbonyl (C=O) groups excluding carboxylic acids is 1. The minimum atomic E-state index is -0.817. The number of thioether (sulfide) groups is 2. The summed E-state index contributed by atoms with van der Waals surface area (Å²) in [6, 6.07) is 0. The van der Waals surface area contributed by atoms with E-state index in [0.717, 1.165) is 5.75 Å². The number of carboxylic acids is 1. The fourth-order valence-electron chi connectivity index (χ4n) is 1.26. The molecule has 0 aromatic heterocycles. The van der Waals surface area contributed by atoms with Crippen molar-refractivity contribution in [3.63, 3.8) is 0 Å². The van der Waals surface area contributed by atoms with E-state index in [1.165, 1.54) is 11.8 Å². The van der Waals surface area contributed by atoms with Gasteiger partial charge in [0.1, 0.15) is 0 Å². The van der Waals surface area contributed by atoms with Crippen LogP contribution in [-0.4, -0.2) is 46.0 Å². The third kappa shape index (κ3) is 8.37. The molecule has 0 aromatic carbocycles. The quantitative estimate of drug-likeness (QED) is 0.629. The Bertz CT molecular complexity index is 247. The molecule has 100 valence electrons. The molecular formula is C11H21NO3S2. The van der Waals surface area contributed by atoms with Crippen LogP contribution in [0.3, 0.4) is 0 Å². The van der Waals surface area contributed by atoms with E-state index in [4.69, 9.17) is 5.11 Å². The lowest BCUT2D eigenvalue weighted by Gasteiger charge is -2.18. The molecule has 0 aliphatic heterocycles. The second kappa shape index (κ2) is 9.65. The third-order valence-corrected chi connectivity index (χ3v) is 4.38. The van der Waals surface area contributed by atoms with Crippen molar-refractivity contribution in [3.05, 3.63) is 0 Å². The minimum Gasteiger partial charge on any atom is -0.481 e. The van der Waals surface area contributed by atoms with Gasteiger partial charge >= 0.3 is 5.97 Å². The van der Waals surface area contributed by atoms with Crippen LogP contribution in [0.15, 0.2) is 0 Å². The summed E-state index contributed by atoms with van der Waals surface area (Å²) >= 11 is 2.96. The number of carbonyl (C=O) groups is 2. The topological polar surface area (TPSA) is 66.4 Å². The first-order valence-electron chi connectivity index (χ1n) is 5.67. The van der Waals surface area contributed by atoms with Crippen molar-refractivity contribution in [2.75, 3.05) is 23.8 Å². The van der Waals surface area contributed by atoms with Gasteiger partial charge in [-0.25, -0.2) is 0 Å². The summed E-state index contributed by atoms with van der Waals surface area (Å²) in [5.74, 6) is 1.20. The summed E-state index contributed by atoms with van der Waals surface area (Å²) in [4.78, 5) is 22.1. The summed E-state index contributed by atoms with van der Waals surface area (Å²) in [6.45, 7) is 6.64. The standard InChI is InChI=1S/C11H21NO3S2/c1-4-17-10(8(2)3)11(15)12-5-6-16-7-9(13)14/h8,10H,4-7H2,1-3H3,(H,12,15)(H,13,14). The molecule has 0 heterocycles. The Hall–Kier alpha value is -0.360. The summed E-state index contributed by atoms with van der Waals surface area (Å²) in [7, 11) is 0. The Morgan fingerprint density at radius 2 is 2.00 bits per heavy atom. The highest BCUT2D eigenvalue weighted by molar-refractivity contribution is 8.00. The van der Waals surface area contributed by atoms with Crippen molar-refractivity contribution in [2.45, 2.75) is 26.0 Å². The molecule has 1 unspecified atom stereocenters. The monoisotopic (exact) mass is 279 g/mol. The highest BCUT2D eigenvalue weighted by Gasteiger charge is 2.21. The van der Waals surface area contributed by atoms with Crippen molar-refractivity contribution in [3.8, 4) is 0 Å². The van der Waals surface area contributed by atoms with Crippen molar-refractivity contribution < 1.29 is 14.7 Å². The van der Waals surface area contributed by atoms with Crippen LogP contribution in [0.25, 0.3) is 0 Å². The molecule has 0 radical (unpaired) electrons. The summed E-state index contributed by atoms with van der Waals surface area (Å²) < 4.78 is 0. The molecule has 0 aliphatic rings. The van der Waals surface area contributed by atoms with Gasteiger partial charge in [0.2, 0.25) is 5.91 Å². The van der Waals surface area contributed by atoms with Crippen LogP contribution in [0.4, 0.5) is 0 Å². The van der Waals surface area contributed by atoms with Gasteiger partial charge in [-0.3, -0.25) is 9.59 Å². The maximum absolute atomic E-state index is 11.8. The number of aliphatic carboxylic acids is 1. The largest absolute Gasteiger partial charge is 0.481 e. The minimum absolute atomic E-state index is 0.00975. The van der Waals surface area contributed by atoms with Gasteiger partial charge in [-0.2, -0.15) is 0 Å². The molecule has 1 atom stereocenters. The van der Waals surface area contributed by atoms with Gasteiger partial charge in [0, 0.05) is 12.3 Å². The molecule has 0 saturated heterocycles. The van der Waals surface area contributed by atoms with E-state index in [9.17, 15) is 9.59 Å². The zero-order chi connectivity index (χ0) is 13.3. The van der Waals surface area contributed by atoms with Crippen molar-refractivity contribution >= 4 is 35.4 Å². The average Bonchev–Trinajstić information content (AvgIpc) is 2.24. The number of nitrogens with one attached hydrogen (secondary N) is 1. The highest BCUT2D eigenvalue weighted by Crippen LogP contribution is 2.19. The summed E-state index contributed by atoms with van der Waals surface area (Å²) in [5.41, 5.74) is 0. The second-order valence-electron chi connectivity index (χ2n) is 3.86. The van der Waals surface area contributed by atoms with Crippen LogP contribution < -0.4 is 5.32 Å². The Morgan fingerprint density at radius 1 is 1.35 bits per heavy atom. The zero-order valence-corrected chi connectivity index (χ0v) is 12.2. The lowest BCUT2D eigenvalue weighted by Crippen LogP contribution is -2.37. The van der Waals surface area contributed by atoms with E-state index in [2.05, 4.69) is 5.32 Å². The smallest absolute Gasteiger partial charge is 0.313 e. The van der Waals surface area contributed by atoms with E-state index in [1.54, 1.807) is 11.8 Å². The molecule has 0 fully saturated rings. The summed E-state index contributed by atoms with van der Waals surface area (Å²) in [6.07, 6.45) is 0. The van der Waals surface area contributed by atoms with Gasteiger partial charge in [0.15, 0.2) is 0 Å². The fraction of sp³-hybridized carbons (Fsp3) is 0.818. The van der Waals surface area contributed by atoms with Crippen LogP contribution in [-0.2, 0) is 9.59 Å². The molecule has 6 heteroatoms. The lowest BCUT2D eigenvalue weighted by atomic mass is 10.1. The number of rotatable bonds is 9. The summed E-state index contributed by atoms with van der Waals surface area (Å²) in [5, 5.41) is 11.3. The first kappa shape index (κ1) is 16.6. The van der Waals surface area contributed by atoms with Crippen LogP contribution in [0.2, 0.25) is 0 Å². The molecular weight excluding hydrogens is 258 g/mol. The van der Waals surface area contributed by atoms with Crippen LogP contribution >= 0.6 is 23.5 Å². The van der Waals surface area contributed by atoms with Crippen LogP contribution in [0, 0.1) is 5.92 Å². The predicted molar refractivity (Wildman–Crippen MR) is 74.7 cm³/mol. The number of hydrogen-bond donors (Lipinski definition) is 2. The van der Waals surface area contributed by atoms with Gasteiger partial charge in [0.05, 0.1) is 11.0 Å². The van der Waals surface area contributed by atoms with E-state index in [1.807, 2.05) is 20.8 Å². The van der Waals surface area contributed by atoms with Crippen LogP contribution in [0.5, 0.6) is 0 Å². The highest BCUT2D eigenvalue weighted by atomic mass is 32.2. The Morgan fingerprint density at radius 3 is 2.47 bits per heavy atom. The lowest BCUT2D eigenvalue weighted by molar-refractivity contribution is -0.133. The zero-order valence-electron chi connectivity index (χ0n) is 10.6. The molecule has 0 saturated carbocycles. The van der Waals surface area contributed by atoms with E-state index in [-0.39, 0.29) is 16.9 Å². The van der Waals surface area contributed by atoms with Crippen molar-refractivity contribution in [1.29, 1.82) is 0 Å². The molecule has 4 nitrogen and oxygen atoms in total. The first-order chi connectivity index (χ1) is 7.99. The first-order valence-corrected chi connectivity index (χ1v) is 7.88. The molecule has 0 bridgehead atoms. The van der Waals surface area contributed by atoms with Gasteiger partial charge < -0.3 is 10.4 Å². The van der Waals surface area contributed by atoms with Gasteiger partial charge in [-0.15, -0.1) is 23.5 Å². The Labute approximate surface area is 111 Å². The van der Waals surface area contributed by atoms with Gasteiger partial charge in [-0.05, 0) is 11.7 Å². The van der Waals surface area contributed by atoms with Gasteiger partial charge in [0.25, 0.3) is 0 Å². The third-order valence-electron chi connectivity index (χ3n) is 1.98. The Kier molecular flexibility index (Phi) is 9.44. The van der Waals surface area contributed by atoms with E-state index in [0.29, 0.717) is 18.2 Å². The number of amides is 1. The van der Waals surface area contributed by atoms with Crippen molar-refractivity contribution in [1.82, 2.24) is 5.32 Å². The normalized spacial score (nSPS) is 12.5. The maximum Gasteiger partial charge on any atom is 0.313 e. The average molecular weight is 279 g/mol. The molecule has 17 heavy (non-hydrogen) atoms. The van der Waals surface area contributed by atoms with Crippen LogP contribution in [0.1, 0.15) is 20.8 Å². The van der Waals surface area contributed by atoms with E-state index < -0.39 is 5.97 Å². The molecule has 0 spiro atoms. The second-order valence-corrected chi connectivity index (χ2v) is 6.38. The molecule has 0 aromatic rings. The molecule has 1 amide bonds. The maximum atomic E-state index is 11.8. The van der Waals surface area contributed by atoms with Gasteiger partial charge in [-0.1, -0.05) is 20.8 Å². The molecule has 2 N–H and O–H groups in total. The predicted octanol–water partition coefficient (Wildman–Crippen LogP) is 1.70. The fourth-order valence-corrected chi connectivity index (χ4v) is 2.80. The van der Waals surface area contributed by atoms with Crippen molar-refractivity contribution in [2.24, 2.45) is 5.92 Å².